The lowest BCUT2D eigenvalue weighted by molar-refractivity contribution is -0.166. The number of hydrogen-bond donors (Lipinski definition) is 2. The van der Waals surface area contributed by atoms with Gasteiger partial charge in [-0.3, -0.25) is 19.1 Å². The summed E-state index contributed by atoms with van der Waals surface area (Å²) in [5, 5.41) is 2.43. The van der Waals surface area contributed by atoms with E-state index in [0.29, 0.717) is 0 Å². The average molecular weight is 415 g/mol. The average Bonchev–Trinajstić information content (AvgIpc) is 2.58. The molecule has 1 aromatic heterocycles. The number of pyridine rings is 1. The fraction of sp³-hybridized carbons (Fsp3) is 0.529. The van der Waals surface area contributed by atoms with Crippen molar-refractivity contribution in [1.29, 1.82) is 0 Å². The van der Waals surface area contributed by atoms with Crippen molar-refractivity contribution in [2.75, 3.05) is 23.6 Å². The van der Waals surface area contributed by atoms with Gasteiger partial charge in [-0.25, -0.2) is 13.4 Å². The van der Waals surface area contributed by atoms with E-state index in [1.807, 2.05) is 0 Å². The molecule has 0 fully saturated rings. The van der Waals surface area contributed by atoms with Gasteiger partial charge in [0.1, 0.15) is 12.4 Å². The third kappa shape index (κ3) is 8.33. The van der Waals surface area contributed by atoms with Gasteiger partial charge in [0.25, 0.3) is 5.91 Å². The molecule has 1 aromatic rings. The summed E-state index contributed by atoms with van der Waals surface area (Å²) in [6.07, 6.45) is 0.171. The smallest absolute Gasteiger partial charge is 0.303 e. The highest BCUT2D eigenvalue weighted by molar-refractivity contribution is 7.92. The first-order valence-electron chi connectivity index (χ1n) is 8.43. The quantitative estimate of drug-likeness (QED) is 0.525. The number of sulfonamides is 1. The third-order valence-electron chi connectivity index (χ3n) is 3.47. The van der Waals surface area contributed by atoms with Crippen LogP contribution < -0.4 is 10.0 Å². The number of carbonyl (C=O) groups excluding carboxylic acids is 3. The number of amides is 1. The molecule has 0 aromatic carbocycles. The number of esters is 2. The predicted octanol–water partition coefficient (Wildman–Crippen LogP) is 0.461. The second kappa shape index (κ2) is 10.0. The Balaban J connectivity index is 2.69. The summed E-state index contributed by atoms with van der Waals surface area (Å²) >= 11 is 0. The third-order valence-corrected chi connectivity index (χ3v) is 4.74. The second-order valence-corrected chi connectivity index (χ2v) is 8.53. The maximum atomic E-state index is 12.5. The van der Waals surface area contributed by atoms with Crippen LogP contribution >= 0.6 is 0 Å². The van der Waals surface area contributed by atoms with Crippen LogP contribution in [0.2, 0.25) is 0 Å². The maximum absolute atomic E-state index is 12.5. The first kappa shape index (κ1) is 23.3. The molecule has 0 aliphatic heterocycles. The Morgan fingerprint density at radius 3 is 2.39 bits per heavy atom. The van der Waals surface area contributed by atoms with E-state index in [9.17, 15) is 22.8 Å². The Hall–Kier alpha value is -2.69. The van der Waals surface area contributed by atoms with E-state index in [1.54, 1.807) is 26.0 Å². The molecule has 2 N–H and O–H groups in total. The number of nitrogens with one attached hydrogen (secondary N) is 2. The summed E-state index contributed by atoms with van der Waals surface area (Å²) in [6, 6.07) is 4.76. The van der Waals surface area contributed by atoms with Gasteiger partial charge in [0.15, 0.2) is 6.10 Å². The van der Waals surface area contributed by atoms with Gasteiger partial charge in [0, 0.05) is 32.0 Å². The molecule has 1 atom stereocenters. The van der Waals surface area contributed by atoms with Crippen LogP contribution in [0.25, 0.3) is 0 Å². The fourth-order valence-corrected chi connectivity index (χ4v) is 3.04. The molecule has 0 saturated carbocycles. The van der Waals surface area contributed by atoms with Crippen molar-refractivity contribution in [3.05, 3.63) is 24.4 Å². The minimum absolute atomic E-state index is 0.159. The van der Waals surface area contributed by atoms with Gasteiger partial charge in [-0.15, -0.1) is 0 Å². The largest absolute Gasteiger partial charge is 0.465 e. The molecule has 11 heteroatoms. The lowest BCUT2D eigenvalue weighted by Crippen LogP contribution is -2.49. The fourth-order valence-electron chi connectivity index (χ4n) is 2.13. The summed E-state index contributed by atoms with van der Waals surface area (Å²) < 4.78 is 36.4. The zero-order chi connectivity index (χ0) is 21.4. The molecule has 156 valence electrons. The van der Waals surface area contributed by atoms with Crippen molar-refractivity contribution < 1.29 is 32.3 Å². The molecule has 0 saturated heterocycles. The van der Waals surface area contributed by atoms with Gasteiger partial charge in [-0.2, -0.15) is 0 Å². The lowest BCUT2D eigenvalue weighted by atomic mass is 9.86. The van der Waals surface area contributed by atoms with Crippen LogP contribution in [0.5, 0.6) is 0 Å². The molecule has 1 amide bonds. The number of nitrogens with zero attached hydrogens (tertiary/aromatic N) is 1. The number of hydrogen-bond acceptors (Lipinski definition) is 8. The minimum Gasteiger partial charge on any atom is -0.465 e. The van der Waals surface area contributed by atoms with Crippen LogP contribution in [-0.4, -0.2) is 56.3 Å². The molecule has 0 bridgehead atoms. The molecule has 1 rings (SSSR count). The Morgan fingerprint density at radius 2 is 1.86 bits per heavy atom. The summed E-state index contributed by atoms with van der Waals surface area (Å²) in [7, 11) is -3.74. The first-order valence-corrected chi connectivity index (χ1v) is 10.1. The molecular formula is C17H25N3O7S. The Bertz CT molecular complexity index is 794. The molecule has 0 aliphatic carbocycles. The standard InChI is InChI=1S/C17H25N3O7S/c1-12(21)26-11-17(3,4)15(27-13(2)22)16(23)19-9-10-28(24,25)20-14-7-5-6-8-18-14/h5-8,15H,9-11H2,1-4H3,(H,18,20)(H,19,23)/t15-/m0/s1. The van der Waals surface area contributed by atoms with Gasteiger partial charge >= 0.3 is 11.9 Å². The number of ether oxygens (including phenoxy) is 2. The monoisotopic (exact) mass is 415 g/mol. The highest BCUT2D eigenvalue weighted by Crippen LogP contribution is 2.24. The van der Waals surface area contributed by atoms with Crippen molar-refractivity contribution in [3.8, 4) is 0 Å². The van der Waals surface area contributed by atoms with E-state index in [4.69, 9.17) is 9.47 Å². The highest BCUT2D eigenvalue weighted by Gasteiger charge is 2.39. The van der Waals surface area contributed by atoms with E-state index in [2.05, 4.69) is 15.0 Å². The van der Waals surface area contributed by atoms with Crippen molar-refractivity contribution in [2.24, 2.45) is 5.41 Å². The highest BCUT2D eigenvalue weighted by atomic mass is 32.2. The SMILES string of the molecule is CC(=O)OCC(C)(C)[C@@H](OC(C)=O)C(=O)NCCS(=O)(=O)Nc1ccccn1. The van der Waals surface area contributed by atoms with E-state index >= 15 is 0 Å². The van der Waals surface area contributed by atoms with Crippen LogP contribution in [0.4, 0.5) is 5.82 Å². The topological polar surface area (TPSA) is 141 Å². The Kier molecular flexibility index (Phi) is 8.35. The van der Waals surface area contributed by atoms with Gasteiger partial charge < -0.3 is 14.8 Å². The zero-order valence-corrected chi connectivity index (χ0v) is 17.0. The number of rotatable bonds is 10. The van der Waals surface area contributed by atoms with E-state index < -0.39 is 45.1 Å². The molecule has 0 aliphatic rings. The molecule has 0 radical (unpaired) electrons. The minimum atomic E-state index is -3.74. The van der Waals surface area contributed by atoms with Gasteiger partial charge in [0.2, 0.25) is 10.0 Å². The molecule has 10 nitrogen and oxygen atoms in total. The second-order valence-electron chi connectivity index (χ2n) is 6.69. The van der Waals surface area contributed by atoms with Gasteiger partial charge in [0.05, 0.1) is 5.75 Å². The molecular weight excluding hydrogens is 390 g/mol. The maximum Gasteiger partial charge on any atom is 0.303 e. The summed E-state index contributed by atoms with van der Waals surface area (Å²) in [6.45, 7) is 5.15. The molecule has 0 spiro atoms. The number of anilines is 1. The van der Waals surface area contributed by atoms with Crippen LogP contribution in [0.3, 0.4) is 0 Å². The summed E-state index contributed by atoms with van der Waals surface area (Å²) in [4.78, 5) is 38.7. The van der Waals surface area contributed by atoms with Crippen LogP contribution in [0.15, 0.2) is 24.4 Å². The van der Waals surface area contributed by atoms with E-state index in [-0.39, 0.29) is 19.0 Å². The van der Waals surface area contributed by atoms with Gasteiger partial charge in [-0.05, 0) is 12.1 Å². The van der Waals surface area contributed by atoms with Gasteiger partial charge in [-0.1, -0.05) is 19.9 Å². The Labute approximate surface area is 164 Å². The van der Waals surface area contributed by atoms with Crippen molar-refractivity contribution in [2.45, 2.75) is 33.8 Å². The normalized spacial score (nSPS) is 12.6. The summed E-state index contributed by atoms with van der Waals surface area (Å²) in [5.74, 6) is -2.18. The molecule has 1 heterocycles. The summed E-state index contributed by atoms with van der Waals surface area (Å²) in [5.41, 5.74) is -1.02. The first-order chi connectivity index (χ1) is 12.9. The zero-order valence-electron chi connectivity index (χ0n) is 16.2. The van der Waals surface area contributed by atoms with Crippen LogP contribution in [-0.2, 0) is 33.9 Å². The Morgan fingerprint density at radius 1 is 1.18 bits per heavy atom. The predicted molar refractivity (Wildman–Crippen MR) is 101 cm³/mol. The lowest BCUT2D eigenvalue weighted by Gasteiger charge is -2.31. The van der Waals surface area contributed by atoms with Crippen molar-refractivity contribution in [1.82, 2.24) is 10.3 Å². The molecule has 28 heavy (non-hydrogen) atoms. The van der Waals surface area contributed by atoms with Crippen molar-refractivity contribution in [3.63, 3.8) is 0 Å². The van der Waals surface area contributed by atoms with Crippen LogP contribution in [0.1, 0.15) is 27.7 Å². The number of carbonyl (C=O) groups is 3. The van der Waals surface area contributed by atoms with E-state index in [1.165, 1.54) is 19.2 Å². The van der Waals surface area contributed by atoms with Crippen molar-refractivity contribution >= 4 is 33.7 Å². The van der Waals surface area contributed by atoms with E-state index in [0.717, 1.165) is 6.92 Å². The van der Waals surface area contributed by atoms with Crippen LogP contribution in [0, 0.1) is 5.41 Å². The molecule has 0 unspecified atom stereocenters. The number of aromatic nitrogens is 1.